The lowest BCUT2D eigenvalue weighted by Crippen LogP contribution is -2.28. The number of nitrogens with one attached hydrogen (secondary N) is 1. The lowest BCUT2D eigenvalue weighted by Gasteiger charge is -2.15. The maximum atomic E-state index is 13.2. The molecule has 0 unspecified atom stereocenters. The quantitative estimate of drug-likeness (QED) is 0.330. The van der Waals surface area contributed by atoms with Gasteiger partial charge in [0.1, 0.15) is 5.75 Å². The molecule has 0 saturated heterocycles. The molecule has 7 nitrogen and oxygen atoms in total. The molecule has 0 fully saturated rings. The third kappa shape index (κ3) is 4.96. The van der Waals surface area contributed by atoms with Gasteiger partial charge in [-0.25, -0.2) is 4.98 Å². The summed E-state index contributed by atoms with van der Waals surface area (Å²) in [5.74, 6) is 0.574. The van der Waals surface area contributed by atoms with Crippen LogP contribution in [0.3, 0.4) is 0 Å². The Morgan fingerprint density at radius 2 is 1.90 bits per heavy atom. The van der Waals surface area contributed by atoms with Crippen LogP contribution in [-0.4, -0.2) is 48.6 Å². The number of methoxy groups -OCH3 is 2. The summed E-state index contributed by atoms with van der Waals surface area (Å²) in [4.78, 5) is 30.1. The number of fused-ring (bicyclic) bond motifs is 1. The number of rotatable bonds is 9. The van der Waals surface area contributed by atoms with Crippen molar-refractivity contribution in [2.24, 2.45) is 0 Å². The van der Waals surface area contributed by atoms with Gasteiger partial charge in [-0.1, -0.05) is 36.0 Å². The van der Waals surface area contributed by atoms with Crippen LogP contribution in [0.25, 0.3) is 16.6 Å². The van der Waals surface area contributed by atoms with Gasteiger partial charge in [-0.15, -0.1) is 0 Å². The van der Waals surface area contributed by atoms with Crippen LogP contribution in [0.2, 0.25) is 0 Å². The standard InChI is InChI=1S/C21H23N3O4S/c1-27-13-7-12-22-19(25)14-29-21-23-16-9-4-3-8-15(16)20(26)24(21)17-10-5-6-11-18(17)28-2/h3-6,8-11H,7,12-14H2,1-2H3,(H,22,25). The number of ether oxygens (including phenoxy) is 2. The predicted octanol–water partition coefficient (Wildman–Crippen LogP) is 2.64. The first-order valence-corrected chi connectivity index (χ1v) is 10.2. The van der Waals surface area contributed by atoms with E-state index in [2.05, 4.69) is 10.3 Å². The topological polar surface area (TPSA) is 82.5 Å². The number of para-hydroxylation sites is 3. The minimum absolute atomic E-state index is 0.125. The van der Waals surface area contributed by atoms with Gasteiger partial charge in [0, 0.05) is 20.3 Å². The number of aromatic nitrogens is 2. The van der Waals surface area contributed by atoms with E-state index in [0.29, 0.717) is 40.6 Å². The van der Waals surface area contributed by atoms with Crippen molar-refractivity contribution in [3.8, 4) is 11.4 Å². The molecule has 1 heterocycles. The molecule has 152 valence electrons. The van der Waals surface area contributed by atoms with Crippen LogP contribution in [0.5, 0.6) is 5.75 Å². The average molecular weight is 413 g/mol. The molecule has 0 aliphatic heterocycles. The van der Waals surface area contributed by atoms with Gasteiger partial charge < -0.3 is 14.8 Å². The normalized spacial score (nSPS) is 10.8. The molecule has 0 atom stereocenters. The van der Waals surface area contributed by atoms with Crippen molar-refractivity contribution < 1.29 is 14.3 Å². The third-order valence-electron chi connectivity index (χ3n) is 4.25. The first kappa shape index (κ1) is 20.9. The van der Waals surface area contributed by atoms with Crippen molar-refractivity contribution in [3.63, 3.8) is 0 Å². The summed E-state index contributed by atoms with van der Waals surface area (Å²) in [7, 11) is 3.18. The molecule has 0 spiro atoms. The maximum absolute atomic E-state index is 13.2. The Labute approximate surface area is 173 Å². The van der Waals surface area contributed by atoms with E-state index in [1.54, 1.807) is 44.6 Å². The number of carbonyl (C=O) groups excluding carboxylic acids is 1. The average Bonchev–Trinajstić information content (AvgIpc) is 2.75. The van der Waals surface area contributed by atoms with Crippen molar-refractivity contribution in [1.82, 2.24) is 14.9 Å². The minimum Gasteiger partial charge on any atom is -0.495 e. The molecule has 0 aliphatic rings. The molecule has 0 radical (unpaired) electrons. The molecule has 3 aromatic rings. The highest BCUT2D eigenvalue weighted by atomic mass is 32.2. The summed E-state index contributed by atoms with van der Waals surface area (Å²) in [6, 6.07) is 14.4. The van der Waals surface area contributed by atoms with Crippen LogP contribution < -0.4 is 15.6 Å². The van der Waals surface area contributed by atoms with Crippen molar-refractivity contribution in [2.75, 3.05) is 33.1 Å². The molecule has 0 bridgehead atoms. The Kier molecular flexibility index (Phi) is 7.26. The van der Waals surface area contributed by atoms with Crippen LogP contribution >= 0.6 is 11.8 Å². The molecule has 0 saturated carbocycles. The Bertz CT molecular complexity index is 1050. The Morgan fingerprint density at radius 1 is 1.14 bits per heavy atom. The molecule has 1 N–H and O–H groups in total. The molecule has 8 heteroatoms. The van der Waals surface area contributed by atoms with Gasteiger partial charge in [0.25, 0.3) is 5.56 Å². The molecule has 3 rings (SSSR count). The summed E-state index contributed by atoms with van der Waals surface area (Å²) in [6.45, 7) is 1.13. The predicted molar refractivity (Wildman–Crippen MR) is 114 cm³/mol. The molecule has 1 amide bonds. The van der Waals surface area contributed by atoms with E-state index >= 15 is 0 Å². The van der Waals surface area contributed by atoms with Gasteiger partial charge in [-0.05, 0) is 30.7 Å². The van der Waals surface area contributed by atoms with Crippen LogP contribution in [0.1, 0.15) is 6.42 Å². The molecule has 29 heavy (non-hydrogen) atoms. The van der Waals surface area contributed by atoms with E-state index in [1.807, 2.05) is 18.2 Å². The Morgan fingerprint density at radius 3 is 2.69 bits per heavy atom. The van der Waals surface area contributed by atoms with E-state index < -0.39 is 0 Å². The zero-order valence-electron chi connectivity index (χ0n) is 16.4. The fraction of sp³-hybridized carbons (Fsp3) is 0.286. The highest BCUT2D eigenvalue weighted by Crippen LogP contribution is 2.26. The summed E-state index contributed by atoms with van der Waals surface area (Å²) >= 11 is 1.21. The van der Waals surface area contributed by atoms with Gasteiger partial charge in [-0.3, -0.25) is 14.2 Å². The minimum atomic E-state index is -0.205. The number of nitrogens with zero attached hydrogens (tertiary/aromatic N) is 2. The Hall–Kier alpha value is -2.84. The number of carbonyl (C=O) groups is 1. The fourth-order valence-corrected chi connectivity index (χ4v) is 3.70. The van der Waals surface area contributed by atoms with Crippen molar-refractivity contribution in [3.05, 3.63) is 58.9 Å². The lowest BCUT2D eigenvalue weighted by molar-refractivity contribution is -0.118. The summed E-state index contributed by atoms with van der Waals surface area (Å²) in [6.07, 6.45) is 0.743. The second kappa shape index (κ2) is 10.1. The second-order valence-corrected chi connectivity index (χ2v) is 7.15. The molecule has 1 aromatic heterocycles. The highest BCUT2D eigenvalue weighted by molar-refractivity contribution is 7.99. The van der Waals surface area contributed by atoms with E-state index in [9.17, 15) is 9.59 Å². The summed E-state index contributed by atoms with van der Waals surface area (Å²) in [5, 5.41) is 3.78. The zero-order chi connectivity index (χ0) is 20.6. The maximum Gasteiger partial charge on any atom is 0.266 e. The van der Waals surface area contributed by atoms with Crippen LogP contribution in [0.15, 0.2) is 58.5 Å². The van der Waals surface area contributed by atoms with E-state index in [4.69, 9.17) is 9.47 Å². The van der Waals surface area contributed by atoms with Gasteiger partial charge in [-0.2, -0.15) is 0 Å². The molecule has 2 aromatic carbocycles. The summed E-state index contributed by atoms with van der Waals surface area (Å²) in [5.41, 5.74) is 0.969. The number of hydrogen-bond donors (Lipinski definition) is 1. The molecular formula is C21H23N3O4S. The zero-order valence-corrected chi connectivity index (χ0v) is 17.2. The number of hydrogen-bond acceptors (Lipinski definition) is 6. The Balaban J connectivity index is 1.95. The first-order chi connectivity index (χ1) is 14.2. The van der Waals surface area contributed by atoms with Gasteiger partial charge in [0.05, 0.1) is 29.5 Å². The molecular weight excluding hydrogens is 390 g/mol. The number of amides is 1. The largest absolute Gasteiger partial charge is 0.495 e. The number of benzene rings is 2. The van der Waals surface area contributed by atoms with E-state index in [-0.39, 0.29) is 17.2 Å². The second-order valence-electron chi connectivity index (χ2n) is 6.21. The highest BCUT2D eigenvalue weighted by Gasteiger charge is 2.17. The van der Waals surface area contributed by atoms with Crippen LogP contribution in [0.4, 0.5) is 0 Å². The third-order valence-corrected chi connectivity index (χ3v) is 5.19. The van der Waals surface area contributed by atoms with Crippen molar-refractivity contribution in [1.29, 1.82) is 0 Å². The smallest absolute Gasteiger partial charge is 0.266 e. The van der Waals surface area contributed by atoms with E-state index in [0.717, 1.165) is 6.42 Å². The SMILES string of the molecule is COCCCNC(=O)CSc1nc2ccccc2c(=O)n1-c1ccccc1OC. The van der Waals surface area contributed by atoms with Crippen molar-refractivity contribution >= 4 is 28.6 Å². The van der Waals surface area contributed by atoms with Gasteiger partial charge in [0.2, 0.25) is 5.91 Å². The van der Waals surface area contributed by atoms with Crippen LogP contribution in [0, 0.1) is 0 Å². The molecule has 0 aliphatic carbocycles. The van der Waals surface area contributed by atoms with Crippen molar-refractivity contribution in [2.45, 2.75) is 11.6 Å². The van der Waals surface area contributed by atoms with E-state index in [1.165, 1.54) is 16.3 Å². The van der Waals surface area contributed by atoms with Gasteiger partial charge >= 0.3 is 0 Å². The first-order valence-electron chi connectivity index (χ1n) is 9.19. The lowest BCUT2D eigenvalue weighted by atomic mass is 10.2. The fourth-order valence-electron chi connectivity index (χ4n) is 2.86. The number of thioether (sulfide) groups is 1. The van der Waals surface area contributed by atoms with Crippen LogP contribution in [-0.2, 0) is 9.53 Å². The monoisotopic (exact) mass is 413 g/mol. The summed E-state index contributed by atoms with van der Waals surface area (Å²) < 4.78 is 11.9. The van der Waals surface area contributed by atoms with Gasteiger partial charge in [0.15, 0.2) is 5.16 Å².